The second-order valence-corrected chi connectivity index (χ2v) is 8.57. The zero-order valence-electron chi connectivity index (χ0n) is 14.7. The normalized spacial score (nSPS) is 23.0. The molecule has 2 rings (SSSR count). The lowest BCUT2D eigenvalue weighted by atomic mass is 10.0. The van der Waals surface area contributed by atoms with E-state index in [2.05, 4.69) is 0 Å². The van der Waals surface area contributed by atoms with Crippen LogP contribution in [0.2, 0.25) is 0 Å². The van der Waals surface area contributed by atoms with Gasteiger partial charge < -0.3 is 14.0 Å². The average Bonchev–Trinajstić information content (AvgIpc) is 2.59. The standard InChI is InChI=1S/C17H26NO5P/c1-13(2)12-16(17(19)22-4)18-10-5-11-23-24(18,20)15-8-6-14(21-3)7-9-15/h6-9,13,16H,5,10-12H2,1-4H3/t16-,24?/m0/s1. The fourth-order valence-electron chi connectivity index (χ4n) is 2.88. The molecular weight excluding hydrogens is 329 g/mol. The summed E-state index contributed by atoms with van der Waals surface area (Å²) in [5, 5.41) is 0.570. The number of ether oxygens (including phenoxy) is 2. The van der Waals surface area contributed by atoms with Gasteiger partial charge in [0.2, 0.25) is 0 Å². The van der Waals surface area contributed by atoms with Crippen LogP contribution in [0.5, 0.6) is 5.75 Å². The van der Waals surface area contributed by atoms with E-state index in [4.69, 9.17) is 14.0 Å². The third-order valence-electron chi connectivity index (χ3n) is 4.06. The molecule has 134 valence electrons. The predicted molar refractivity (Wildman–Crippen MR) is 92.8 cm³/mol. The topological polar surface area (TPSA) is 65.1 Å². The molecule has 0 saturated carbocycles. The Morgan fingerprint density at radius 1 is 1.29 bits per heavy atom. The molecule has 2 atom stereocenters. The number of methoxy groups -OCH3 is 2. The summed E-state index contributed by atoms with van der Waals surface area (Å²) in [6.45, 7) is 5.00. The minimum atomic E-state index is -3.31. The van der Waals surface area contributed by atoms with Gasteiger partial charge in [-0.15, -0.1) is 0 Å². The molecule has 0 N–H and O–H groups in total. The van der Waals surface area contributed by atoms with Gasteiger partial charge in [0, 0.05) is 6.54 Å². The van der Waals surface area contributed by atoms with Gasteiger partial charge in [0.25, 0.3) is 0 Å². The third kappa shape index (κ3) is 4.00. The molecule has 1 heterocycles. The van der Waals surface area contributed by atoms with E-state index >= 15 is 0 Å². The smallest absolute Gasteiger partial charge is 0.323 e. The van der Waals surface area contributed by atoms with Crippen molar-refractivity contribution >= 4 is 18.8 Å². The average molecular weight is 355 g/mol. The Kier molecular flexibility index (Phi) is 6.44. The van der Waals surface area contributed by atoms with Gasteiger partial charge in [0.05, 0.1) is 26.1 Å². The molecule has 1 fully saturated rings. The van der Waals surface area contributed by atoms with Crippen molar-refractivity contribution in [1.29, 1.82) is 0 Å². The molecule has 1 aromatic carbocycles. The SMILES string of the molecule is COC(=O)[C@H](CC(C)C)N1CCCOP1(=O)c1ccc(OC)cc1. The molecule has 1 aromatic rings. The molecule has 7 heteroatoms. The highest BCUT2D eigenvalue weighted by molar-refractivity contribution is 7.64. The van der Waals surface area contributed by atoms with E-state index in [1.54, 1.807) is 36.0 Å². The largest absolute Gasteiger partial charge is 0.497 e. The maximum absolute atomic E-state index is 13.7. The molecular formula is C17H26NO5P. The molecule has 6 nitrogen and oxygen atoms in total. The summed E-state index contributed by atoms with van der Waals surface area (Å²) in [4.78, 5) is 12.3. The Labute approximate surface area is 143 Å². The quantitative estimate of drug-likeness (QED) is 0.578. The van der Waals surface area contributed by atoms with E-state index in [-0.39, 0.29) is 11.9 Å². The van der Waals surface area contributed by atoms with Gasteiger partial charge in [0.1, 0.15) is 11.8 Å². The summed E-state index contributed by atoms with van der Waals surface area (Å²) in [5.74, 6) is 0.573. The van der Waals surface area contributed by atoms with Crippen molar-refractivity contribution in [3.05, 3.63) is 24.3 Å². The maximum atomic E-state index is 13.7. The first-order valence-corrected chi connectivity index (χ1v) is 9.74. The van der Waals surface area contributed by atoms with E-state index in [9.17, 15) is 9.36 Å². The van der Waals surface area contributed by atoms with Crippen LogP contribution in [-0.4, -0.2) is 44.1 Å². The van der Waals surface area contributed by atoms with Crippen LogP contribution in [-0.2, 0) is 18.6 Å². The summed E-state index contributed by atoms with van der Waals surface area (Å²) < 4.78 is 31.2. The minimum Gasteiger partial charge on any atom is -0.497 e. The Balaban J connectivity index is 2.39. The lowest BCUT2D eigenvalue weighted by molar-refractivity contribution is -0.146. The van der Waals surface area contributed by atoms with Crippen LogP contribution in [0, 0.1) is 5.92 Å². The van der Waals surface area contributed by atoms with Crippen molar-refractivity contribution < 1.29 is 23.4 Å². The number of nitrogens with zero attached hydrogens (tertiary/aromatic N) is 1. The molecule has 0 aromatic heterocycles. The van der Waals surface area contributed by atoms with Crippen LogP contribution in [0.25, 0.3) is 0 Å². The molecule has 0 amide bonds. The maximum Gasteiger partial charge on any atom is 0.323 e. The fourth-order valence-corrected chi connectivity index (χ4v) is 5.33. The summed E-state index contributed by atoms with van der Waals surface area (Å²) in [7, 11) is -0.369. The Bertz CT molecular complexity index is 602. The first-order valence-electron chi connectivity index (χ1n) is 8.16. The number of benzene rings is 1. The van der Waals surface area contributed by atoms with Crippen molar-refractivity contribution in [2.45, 2.75) is 32.7 Å². The van der Waals surface area contributed by atoms with E-state index in [1.807, 2.05) is 13.8 Å². The highest BCUT2D eigenvalue weighted by Crippen LogP contribution is 2.54. The van der Waals surface area contributed by atoms with Gasteiger partial charge in [0.15, 0.2) is 0 Å². The zero-order valence-corrected chi connectivity index (χ0v) is 15.6. The Morgan fingerprint density at radius 2 is 1.96 bits per heavy atom. The Morgan fingerprint density at radius 3 is 2.50 bits per heavy atom. The molecule has 24 heavy (non-hydrogen) atoms. The van der Waals surface area contributed by atoms with E-state index in [0.29, 0.717) is 30.6 Å². The van der Waals surface area contributed by atoms with Crippen molar-refractivity contribution in [2.75, 3.05) is 27.4 Å². The van der Waals surface area contributed by atoms with Gasteiger partial charge in [-0.25, -0.2) is 4.67 Å². The van der Waals surface area contributed by atoms with Crippen LogP contribution in [0.4, 0.5) is 0 Å². The zero-order chi connectivity index (χ0) is 17.7. The first kappa shape index (κ1) is 19.0. The van der Waals surface area contributed by atoms with E-state index < -0.39 is 13.6 Å². The van der Waals surface area contributed by atoms with Crippen molar-refractivity contribution in [2.24, 2.45) is 5.92 Å². The van der Waals surface area contributed by atoms with E-state index in [1.165, 1.54) is 7.11 Å². The van der Waals surface area contributed by atoms with E-state index in [0.717, 1.165) is 6.42 Å². The molecule has 1 unspecified atom stereocenters. The Hall–Kier alpha value is -1.36. The number of esters is 1. The lowest BCUT2D eigenvalue weighted by Crippen LogP contribution is -2.45. The number of hydrogen-bond acceptors (Lipinski definition) is 5. The van der Waals surface area contributed by atoms with Crippen LogP contribution in [0.15, 0.2) is 24.3 Å². The summed E-state index contributed by atoms with van der Waals surface area (Å²) in [6.07, 6.45) is 1.29. The lowest BCUT2D eigenvalue weighted by Gasteiger charge is -2.39. The number of hydrogen-bond donors (Lipinski definition) is 0. The molecule has 0 spiro atoms. The predicted octanol–water partition coefficient (Wildman–Crippen LogP) is 2.82. The van der Waals surface area contributed by atoms with Gasteiger partial charge in [-0.2, -0.15) is 0 Å². The summed E-state index contributed by atoms with van der Waals surface area (Å²) in [5.41, 5.74) is 0. The first-order chi connectivity index (χ1) is 11.4. The molecule has 0 bridgehead atoms. The highest BCUT2D eigenvalue weighted by Gasteiger charge is 2.44. The highest BCUT2D eigenvalue weighted by atomic mass is 31.2. The number of carbonyl (C=O) groups is 1. The third-order valence-corrected chi connectivity index (χ3v) is 6.70. The van der Waals surface area contributed by atoms with Crippen LogP contribution < -0.4 is 10.0 Å². The van der Waals surface area contributed by atoms with Gasteiger partial charge in [-0.1, -0.05) is 13.8 Å². The molecule has 0 radical (unpaired) electrons. The second kappa shape index (κ2) is 8.15. The molecule has 0 aliphatic carbocycles. The van der Waals surface area contributed by atoms with Crippen molar-refractivity contribution in [1.82, 2.24) is 4.67 Å². The monoisotopic (exact) mass is 355 g/mol. The van der Waals surface area contributed by atoms with Gasteiger partial charge in [-0.3, -0.25) is 9.36 Å². The van der Waals surface area contributed by atoms with Gasteiger partial charge in [-0.05, 0) is 43.0 Å². The van der Waals surface area contributed by atoms with Crippen molar-refractivity contribution in [3.63, 3.8) is 0 Å². The summed E-state index contributed by atoms with van der Waals surface area (Å²) >= 11 is 0. The molecule has 1 aliphatic rings. The fraction of sp³-hybridized carbons (Fsp3) is 0.588. The molecule has 1 saturated heterocycles. The molecule has 1 aliphatic heterocycles. The minimum absolute atomic E-state index is 0.264. The number of carbonyl (C=O) groups excluding carboxylic acids is 1. The van der Waals surface area contributed by atoms with Crippen molar-refractivity contribution in [3.8, 4) is 5.75 Å². The van der Waals surface area contributed by atoms with Crippen LogP contribution in [0.3, 0.4) is 0 Å². The van der Waals surface area contributed by atoms with Crippen LogP contribution >= 0.6 is 7.52 Å². The second-order valence-electron chi connectivity index (χ2n) is 6.24. The summed E-state index contributed by atoms with van der Waals surface area (Å²) in [6, 6.07) is 6.40. The number of rotatable bonds is 6. The van der Waals surface area contributed by atoms with Gasteiger partial charge >= 0.3 is 13.5 Å². The van der Waals surface area contributed by atoms with Crippen LogP contribution in [0.1, 0.15) is 26.7 Å².